The summed E-state index contributed by atoms with van der Waals surface area (Å²) in [6.45, 7) is 7.18. The average molecular weight is 345 g/mol. The number of methoxy groups -OCH3 is 1. The van der Waals surface area contributed by atoms with Gasteiger partial charge in [0.15, 0.2) is 5.96 Å². The molecule has 3 rings (SSSR count). The number of hydrogen-bond donors (Lipinski definition) is 1. The predicted octanol–water partition coefficient (Wildman–Crippen LogP) is 3.05. The van der Waals surface area contributed by atoms with Gasteiger partial charge in [-0.2, -0.15) is 0 Å². The van der Waals surface area contributed by atoms with Crippen LogP contribution in [0.3, 0.4) is 0 Å². The Morgan fingerprint density at radius 1 is 1.28 bits per heavy atom. The molecule has 0 unspecified atom stereocenters. The van der Waals surface area contributed by atoms with E-state index in [2.05, 4.69) is 29.3 Å². The minimum Gasteiger partial charge on any atom is -0.491 e. The molecule has 25 heavy (non-hydrogen) atoms. The lowest BCUT2D eigenvalue weighted by Gasteiger charge is -2.38. The minimum absolute atomic E-state index is 0.571. The summed E-state index contributed by atoms with van der Waals surface area (Å²) in [5.74, 6) is 1.93. The molecule has 0 radical (unpaired) electrons. The third kappa shape index (κ3) is 4.66. The van der Waals surface area contributed by atoms with E-state index in [1.54, 1.807) is 7.11 Å². The van der Waals surface area contributed by atoms with E-state index < -0.39 is 0 Å². The van der Waals surface area contributed by atoms with Crippen molar-refractivity contribution in [3.8, 4) is 5.75 Å². The van der Waals surface area contributed by atoms with Gasteiger partial charge in [0.2, 0.25) is 0 Å². The molecule has 1 saturated carbocycles. The van der Waals surface area contributed by atoms with E-state index in [1.807, 2.05) is 12.1 Å². The predicted molar refractivity (Wildman–Crippen MR) is 101 cm³/mol. The first-order chi connectivity index (χ1) is 12.2. The molecule has 1 N–H and O–H groups in total. The fourth-order valence-corrected chi connectivity index (χ4v) is 3.77. The van der Waals surface area contributed by atoms with Gasteiger partial charge < -0.3 is 19.7 Å². The number of nitrogens with zero attached hydrogens (tertiary/aromatic N) is 2. The lowest BCUT2D eigenvalue weighted by Crippen LogP contribution is -2.42. The van der Waals surface area contributed by atoms with Gasteiger partial charge in [-0.15, -0.1) is 0 Å². The smallest absolute Gasteiger partial charge is 0.194 e. The van der Waals surface area contributed by atoms with E-state index >= 15 is 0 Å². The van der Waals surface area contributed by atoms with Crippen molar-refractivity contribution in [3.05, 3.63) is 29.8 Å². The van der Waals surface area contributed by atoms with Crippen molar-refractivity contribution in [2.75, 3.05) is 40.0 Å². The summed E-state index contributed by atoms with van der Waals surface area (Å²) in [6, 6.07) is 8.18. The van der Waals surface area contributed by atoms with Crippen LogP contribution in [0, 0.1) is 5.41 Å². The standard InChI is InChI=1S/C20H31N3O2/c1-3-21-19(23-11-10-20(16-23)8-5-9-20)22-15-17-6-4-7-18(14-17)25-13-12-24-2/h4,6-7,14H,3,5,8-13,15-16H2,1-2H3,(H,21,22). The minimum atomic E-state index is 0.571. The van der Waals surface area contributed by atoms with Gasteiger partial charge >= 0.3 is 0 Å². The first-order valence-electron chi connectivity index (χ1n) is 9.49. The summed E-state index contributed by atoms with van der Waals surface area (Å²) in [5.41, 5.74) is 1.76. The largest absolute Gasteiger partial charge is 0.491 e. The average Bonchev–Trinajstić information content (AvgIpc) is 3.05. The second kappa shape index (κ2) is 8.56. The van der Waals surface area contributed by atoms with Crippen LogP contribution in [0.1, 0.15) is 38.2 Å². The molecular formula is C20H31N3O2. The zero-order valence-electron chi connectivity index (χ0n) is 15.6. The van der Waals surface area contributed by atoms with Crippen LogP contribution in [0.2, 0.25) is 0 Å². The van der Waals surface area contributed by atoms with E-state index in [0.717, 1.165) is 24.8 Å². The Morgan fingerprint density at radius 3 is 2.84 bits per heavy atom. The van der Waals surface area contributed by atoms with Crippen molar-refractivity contribution in [1.29, 1.82) is 0 Å². The van der Waals surface area contributed by atoms with E-state index in [9.17, 15) is 0 Å². The third-order valence-corrected chi connectivity index (χ3v) is 5.35. The quantitative estimate of drug-likeness (QED) is 0.469. The fraction of sp³-hybridized carbons (Fsp3) is 0.650. The van der Waals surface area contributed by atoms with Crippen LogP contribution in [0.15, 0.2) is 29.3 Å². The Kier molecular flexibility index (Phi) is 6.19. The van der Waals surface area contributed by atoms with Crippen LogP contribution in [0.4, 0.5) is 0 Å². The molecule has 1 saturated heterocycles. The molecular weight excluding hydrogens is 314 g/mol. The normalized spacial score (nSPS) is 19.1. The highest BCUT2D eigenvalue weighted by atomic mass is 16.5. The van der Waals surface area contributed by atoms with E-state index in [1.165, 1.54) is 37.8 Å². The van der Waals surface area contributed by atoms with Crippen LogP contribution >= 0.6 is 0 Å². The van der Waals surface area contributed by atoms with Crippen LogP contribution in [-0.2, 0) is 11.3 Å². The Labute approximate surface area is 151 Å². The van der Waals surface area contributed by atoms with Gasteiger partial charge in [0.05, 0.1) is 13.2 Å². The van der Waals surface area contributed by atoms with Crippen LogP contribution in [-0.4, -0.2) is 50.8 Å². The highest BCUT2D eigenvalue weighted by molar-refractivity contribution is 5.80. The maximum Gasteiger partial charge on any atom is 0.194 e. The van der Waals surface area contributed by atoms with Crippen molar-refractivity contribution >= 4 is 5.96 Å². The maximum absolute atomic E-state index is 5.69. The molecule has 5 heteroatoms. The van der Waals surface area contributed by atoms with E-state index in [0.29, 0.717) is 25.2 Å². The third-order valence-electron chi connectivity index (χ3n) is 5.35. The molecule has 1 aromatic carbocycles. The van der Waals surface area contributed by atoms with Gasteiger partial charge in [0.1, 0.15) is 12.4 Å². The fourth-order valence-electron chi connectivity index (χ4n) is 3.77. The second-order valence-electron chi connectivity index (χ2n) is 7.18. The number of nitrogens with one attached hydrogen (secondary N) is 1. The number of hydrogen-bond acceptors (Lipinski definition) is 3. The monoisotopic (exact) mass is 345 g/mol. The van der Waals surface area contributed by atoms with Gasteiger partial charge in [-0.25, -0.2) is 4.99 Å². The van der Waals surface area contributed by atoms with Crippen molar-refractivity contribution in [3.63, 3.8) is 0 Å². The SMILES string of the molecule is CCNC(=NCc1cccc(OCCOC)c1)N1CCC2(CCC2)C1. The lowest BCUT2D eigenvalue weighted by molar-refractivity contribution is 0.146. The van der Waals surface area contributed by atoms with Crippen LogP contribution in [0.25, 0.3) is 0 Å². The first kappa shape index (κ1) is 18.1. The highest BCUT2D eigenvalue weighted by Crippen LogP contribution is 2.47. The first-order valence-corrected chi connectivity index (χ1v) is 9.49. The molecule has 1 aliphatic carbocycles. The summed E-state index contributed by atoms with van der Waals surface area (Å²) in [7, 11) is 1.68. The molecule has 0 aromatic heterocycles. The molecule has 0 amide bonds. The number of likely N-dealkylation sites (tertiary alicyclic amines) is 1. The van der Waals surface area contributed by atoms with Gasteiger partial charge in [-0.05, 0) is 49.3 Å². The number of guanidine groups is 1. The summed E-state index contributed by atoms with van der Waals surface area (Å²) in [4.78, 5) is 7.32. The summed E-state index contributed by atoms with van der Waals surface area (Å²) >= 11 is 0. The second-order valence-corrected chi connectivity index (χ2v) is 7.18. The van der Waals surface area contributed by atoms with Crippen molar-refractivity contribution < 1.29 is 9.47 Å². The number of aliphatic imine (C=N–C) groups is 1. The van der Waals surface area contributed by atoms with Crippen LogP contribution in [0.5, 0.6) is 5.75 Å². The Balaban J connectivity index is 1.60. The van der Waals surface area contributed by atoms with Gasteiger partial charge in [-0.1, -0.05) is 18.6 Å². The topological polar surface area (TPSA) is 46.1 Å². The summed E-state index contributed by atoms with van der Waals surface area (Å²) in [6.07, 6.45) is 5.51. The van der Waals surface area contributed by atoms with Crippen molar-refractivity contribution in [1.82, 2.24) is 10.2 Å². The molecule has 2 fully saturated rings. The molecule has 1 heterocycles. The molecule has 138 valence electrons. The number of rotatable bonds is 7. The summed E-state index contributed by atoms with van der Waals surface area (Å²) in [5, 5.41) is 3.47. The number of benzene rings is 1. The molecule has 5 nitrogen and oxygen atoms in total. The van der Waals surface area contributed by atoms with E-state index in [-0.39, 0.29) is 0 Å². The number of ether oxygens (including phenoxy) is 2. The lowest BCUT2D eigenvalue weighted by atomic mass is 9.68. The van der Waals surface area contributed by atoms with Gasteiger partial charge in [0, 0.05) is 26.7 Å². The van der Waals surface area contributed by atoms with Gasteiger partial charge in [0.25, 0.3) is 0 Å². The molecule has 0 atom stereocenters. The molecule has 2 aliphatic rings. The summed E-state index contributed by atoms with van der Waals surface area (Å²) < 4.78 is 10.7. The molecule has 0 bridgehead atoms. The van der Waals surface area contributed by atoms with Crippen molar-refractivity contribution in [2.24, 2.45) is 10.4 Å². The molecule has 1 aliphatic heterocycles. The maximum atomic E-state index is 5.69. The van der Waals surface area contributed by atoms with Gasteiger partial charge in [-0.3, -0.25) is 0 Å². The highest BCUT2D eigenvalue weighted by Gasteiger charge is 2.43. The molecule has 1 spiro atoms. The zero-order chi connectivity index (χ0) is 17.5. The Bertz CT molecular complexity index is 584. The molecule has 1 aromatic rings. The van der Waals surface area contributed by atoms with E-state index in [4.69, 9.17) is 14.5 Å². The Morgan fingerprint density at radius 2 is 2.16 bits per heavy atom. The van der Waals surface area contributed by atoms with Crippen LogP contribution < -0.4 is 10.1 Å². The Hall–Kier alpha value is -1.75. The van der Waals surface area contributed by atoms with Crippen molar-refractivity contribution in [2.45, 2.75) is 39.2 Å². The zero-order valence-corrected chi connectivity index (χ0v) is 15.6.